The third-order valence-electron chi connectivity index (χ3n) is 7.77. The largest absolute Gasteiger partial charge is 0.539 e. The summed E-state index contributed by atoms with van der Waals surface area (Å²) in [4.78, 5) is 19.8. The lowest BCUT2D eigenvalue weighted by Crippen LogP contribution is -2.39. The van der Waals surface area contributed by atoms with E-state index in [-0.39, 0.29) is 16.3 Å². The van der Waals surface area contributed by atoms with Gasteiger partial charge in [-0.15, -0.1) is 11.3 Å². The summed E-state index contributed by atoms with van der Waals surface area (Å²) in [5.74, 6) is -0.289. The highest BCUT2D eigenvalue weighted by Crippen LogP contribution is 2.45. The van der Waals surface area contributed by atoms with Crippen molar-refractivity contribution < 1.29 is 28.6 Å². The van der Waals surface area contributed by atoms with Crippen LogP contribution in [0.25, 0.3) is 49.1 Å². The molecule has 0 saturated heterocycles. The zero-order chi connectivity index (χ0) is 31.2. The van der Waals surface area contributed by atoms with Crippen LogP contribution < -0.4 is 25.0 Å². The molecular weight excluding hydrogens is 588 g/mol. The maximum atomic E-state index is 14.1. The average Bonchev–Trinajstić information content (AvgIpc) is 3.63. The molecule has 9 nitrogen and oxygen atoms in total. The molecule has 0 atom stereocenters. The van der Waals surface area contributed by atoms with Crippen LogP contribution in [0.1, 0.15) is 20.9 Å². The molecule has 0 saturated carbocycles. The quantitative estimate of drug-likeness (QED) is 0.165. The first-order chi connectivity index (χ1) is 21.9. The molecule has 10 heteroatoms. The number of carbonyl (C=O) groups is 1. The second-order valence-corrected chi connectivity index (χ2v) is 11.5. The number of nitrogens with two attached hydrogens (primary N) is 1. The molecule has 0 fully saturated rings. The van der Waals surface area contributed by atoms with Crippen molar-refractivity contribution in [1.29, 1.82) is 0 Å². The molecule has 0 spiro atoms. The van der Waals surface area contributed by atoms with Crippen LogP contribution >= 0.6 is 11.3 Å². The molecule has 45 heavy (non-hydrogen) atoms. The Morgan fingerprint density at radius 2 is 1.69 bits per heavy atom. The average molecular weight is 615 g/mol. The van der Waals surface area contributed by atoms with E-state index in [2.05, 4.69) is 5.27 Å². The van der Waals surface area contributed by atoms with E-state index >= 15 is 0 Å². The van der Waals surface area contributed by atoms with Crippen LogP contribution in [0.3, 0.4) is 0 Å². The topological polar surface area (TPSA) is 127 Å². The molecule has 0 radical (unpaired) electrons. The number of aromatic nitrogens is 3. The van der Waals surface area contributed by atoms with Crippen molar-refractivity contribution in [3.8, 4) is 45.5 Å². The second kappa shape index (κ2) is 11.1. The third-order valence-corrected chi connectivity index (χ3v) is 8.87. The Morgan fingerprint density at radius 3 is 2.47 bits per heavy atom. The molecule has 0 bridgehead atoms. The second-order valence-electron chi connectivity index (χ2n) is 10.5. The molecule has 2 N–H and O–H groups in total. The Balaban J connectivity index is 1.48. The number of benzene rings is 4. The molecule has 7 rings (SSSR count). The van der Waals surface area contributed by atoms with Gasteiger partial charge in [-0.3, -0.25) is 4.79 Å². The molecule has 0 unspecified atom stereocenters. The molecule has 222 valence electrons. The van der Waals surface area contributed by atoms with Gasteiger partial charge in [0.15, 0.2) is 5.95 Å². The van der Waals surface area contributed by atoms with Gasteiger partial charge in [0.25, 0.3) is 5.78 Å². The van der Waals surface area contributed by atoms with Crippen molar-refractivity contribution in [1.82, 2.24) is 10.3 Å². The lowest BCUT2D eigenvalue weighted by molar-refractivity contribution is -0.672. The molecule has 7 aromatic rings. The van der Waals surface area contributed by atoms with Crippen molar-refractivity contribution in [2.75, 3.05) is 20.0 Å². The van der Waals surface area contributed by atoms with Gasteiger partial charge in [-0.1, -0.05) is 60.2 Å². The number of nitrogen functional groups attached to an aromatic ring is 1. The van der Waals surface area contributed by atoms with Crippen LogP contribution in [-0.2, 0) is 0 Å². The van der Waals surface area contributed by atoms with Gasteiger partial charge < -0.3 is 24.8 Å². The molecule has 0 amide bonds. The van der Waals surface area contributed by atoms with E-state index in [4.69, 9.17) is 24.7 Å². The lowest BCUT2D eigenvalue weighted by atomic mass is 9.96. The highest BCUT2D eigenvalue weighted by atomic mass is 32.1. The highest BCUT2D eigenvalue weighted by Gasteiger charge is 2.33. The molecule has 4 aromatic carbocycles. The number of carbonyl (C=O) groups excluding carboxylic acids is 1. The van der Waals surface area contributed by atoms with Crippen LogP contribution in [0.4, 0.5) is 5.69 Å². The first-order valence-corrected chi connectivity index (χ1v) is 14.8. The van der Waals surface area contributed by atoms with E-state index in [1.807, 2.05) is 79.7 Å². The maximum Gasteiger partial charge on any atom is 0.312 e. The molecule has 0 aliphatic rings. The molecule has 3 aromatic heterocycles. The van der Waals surface area contributed by atoms with Gasteiger partial charge in [0.2, 0.25) is 5.69 Å². The summed E-state index contributed by atoms with van der Waals surface area (Å²) in [6, 6.07) is 28.8. The van der Waals surface area contributed by atoms with Gasteiger partial charge >= 0.3 is 5.69 Å². The van der Waals surface area contributed by atoms with Crippen molar-refractivity contribution in [3.05, 3.63) is 107 Å². The SMILES string of the molecule is COc1ccc(-c2cc(-c3cccc4ccccc34)nc3sc(C(=O)c4c([O-])on[n+]4-c4ccc(C)cc4)c(N)c23)c(OC)c1. The zero-order valence-electron chi connectivity index (χ0n) is 24.5. The zero-order valence-corrected chi connectivity index (χ0v) is 25.3. The van der Waals surface area contributed by atoms with Gasteiger partial charge in [0.1, 0.15) is 21.2 Å². The van der Waals surface area contributed by atoms with Crippen molar-refractivity contribution in [2.45, 2.75) is 6.92 Å². The number of methoxy groups -OCH3 is 2. The summed E-state index contributed by atoms with van der Waals surface area (Å²) in [7, 11) is 3.17. The minimum atomic E-state index is -0.862. The number of aryl methyl sites for hydroxylation is 1. The third kappa shape index (κ3) is 4.72. The van der Waals surface area contributed by atoms with Crippen molar-refractivity contribution in [2.24, 2.45) is 0 Å². The summed E-state index contributed by atoms with van der Waals surface area (Å²) < 4.78 is 17.4. The van der Waals surface area contributed by atoms with E-state index in [0.717, 1.165) is 38.8 Å². The monoisotopic (exact) mass is 614 g/mol. The Hall–Kier alpha value is -5.74. The molecular formula is C35H26N4O5S. The van der Waals surface area contributed by atoms with Gasteiger partial charge in [-0.25, -0.2) is 4.98 Å². The minimum absolute atomic E-state index is 0.155. The number of fused-ring (bicyclic) bond motifs is 2. The van der Waals surface area contributed by atoms with Crippen LogP contribution in [0.2, 0.25) is 0 Å². The van der Waals surface area contributed by atoms with Crippen LogP contribution in [0.15, 0.2) is 95.5 Å². The number of nitrogens with zero attached hydrogens (tertiary/aromatic N) is 3. The fraction of sp³-hybridized carbons (Fsp3) is 0.0857. The summed E-state index contributed by atoms with van der Waals surface area (Å²) in [6.07, 6.45) is 0. The van der Waals surface area contributed by atoms with Crippen LogP contribution in [0.5, 0.6) is 17.4 Å². The molecule has 0 aliphatic heterocycles. The Morgan fingerprint density at radius 1 is 0.911 bits per heavy atom. The Bertz CT molecular complexity index is 2250. The number of pyridine rings is 1. The maximum absolute atomic E-state index is 14.1. The van der Waals surface area contributed by atoms with E-state index in [1.165, 1.54) is 4.68 Å². The number of hydrogen-bond acceptors (Lipinski definition) is 9. The minimum Gasteiger partial charge on any atom is -0.539 e. The normalized spacial score (nSPS) is 11.3. The Labute approximate surface area is 261 Å². The molecule has 3 heterocycles. The van der Waals surface area contributed by atoms with E-state index in [0.29, 0.717) is 38.7 Å². The molecule has 0 aliphatic carbocycles. The number of anilines is 1. The highest BCUT2D eigenvalue weighted by molar-refractivity contribution is 7.21. The summed E-state index contributed by atoms with van der Waals surface area (Å²) in [6.45, 7) is 1.94. The standard InChI is InChI=1S/C35H26N4O5S/c1-19-11-13-21(14-12-19)39-31(35(41)44-38-39)32(40)33-30(36)29-26(25-16-15-22(42-2)17-28(25)43-3)18-27(37-34(29)45-33)24-10-6-8-20-7-4-5-9-23(20)24/h4-18H,1-3H3,(H2-,36,38,40,41). The number of thiophene rings is 1. The summed E-state index contributed by atoms with van der Waals surface area (Å²) in [5.41, 5.74) is 11.3. The van der Waals surface area contributed by atoms with Crippen molar-refractivity contribution in [3.63, 3.8) is 0 Å². The number of hydrogen-bond donors (Lipinski definition) is 1. The predicted molar refractivity (Wildman–Crippen MR) is 171 cm³/mol. The van der Waals surface area contributed by atoms with Crippen molar-refractivity contribution >= 4 is 43.8 Å². The van der Waals surface area contributed by atoms with E-state index in [1.54, 1.807) is 32.4 Å². The first kappa shape index (κ1) is 28.1. The smallest absolute Gasteiger partial charge is 0.312 e. The first-order valence-electron chi connectivity index (χ1n) is 14.0. The van der Waals surface area contributed by atoms with E-state index in [9.17, 15) is 9.90 Å². The summed E-state index contributed by atoms with van der Waals surface area (Å²) >= 11 is 1.12. The van der Waals surface area contributed by atoms with E-state index < -0.39 is 11.7 Å². The fourth-order valence-corrected chi connectivity index (χ4v) is 6.58. The van der Waals surface area contributed by atoms with Crippen LogP contribution in [0, 0.1) is 6.92 Å². The van der Waals surface area contributed by atoms with Gasteiger partial charge in [-0.05, 0) is 46.1 Å². The fourth-order valence-electron chi connectivity index (χ4n) is 5.52. The lowest BCUT2D eigenvalue weighted by Gasteiger charge is -2.14. The number of ketones is 1. The summed E-state index contributed by atoms with van der Waals surface area (Å²) in [5, 5.41) is 19.4. The van der Waals surface area contributed by atoms with Crippen LogP contribution in [-0.4, -0.2) is 30.3 Å². The Kier molecular flexibility index (Phi) is 6.90. The predicted octanol–water partition coefficient (Wildman–Crippen LogP) is 6.26. The van der Waals surface area contributed by atoms with Gasteiger partial charge in [-0.2, -0.15) is 0 Å². The van der Waals surface area contributed by atoms with Gasteiger partial charge in [0.05, 0.1) is 30.9 Å². The number of ether oxygens (including phenoxy) is 2. The van der Waals surface area contributed by atoms with Gasteiger partial charge in [0, 0.05) is 34.7 Å². The number of rotatable bonds is 7.